The monoisotopic (exact) mass is 715 g/mol. The van der Waals surface area contributed by atoms with Crippen LogP contribution in [-0.4, -0.2) is 0 Å². The van der Waals surface area contributed by atoms with Crippen molar-refractivity contribution in [1.29, 1.82) is 0 Å². The highest BCUT2D eigenvalue weighted by atomic mass is 15.1. The Labute approximate surface area is 328 Å². The zero-order chi connectivity index (χ0) is 37.1. The van der Waals surface area contributed by atoms with E-state index in [0.717, 1.165) is 23.7 Å². The first-order chi connectivity index (χ1) is 26.7. The molecule has 55 heavy (non-hydrogen) atoms. The summed E-state index contributed by atoms with van der Waals surface area (Å²) in [7, 11) is 0. The molecule has 0 heterocycles. The van der Waals surface area contributed by atoms with Crippen molar-refractivity contribution in [2.45, 2.75) is 88.9 Å². The van der Waals surface area contributed by atoms with Crippen LogP contribution in [0, 0.1) is 23.7 Å². The minimum atomic E-state index is 0.118. The molecule has 1 spiro atoms. The SMILES string of the molecule is CC1(C)CCC(C)(C)c2cc(N(c3ccc(-c4ccccc4-c4ccccc4)cc3)c3cccc4c3-c3ccccc3C43C4CC5CC(C4)CC3C5)ccc21. The third-order valence-electron chi connectivity index (χ3n) is 15.3. The summed E-state index contributed by atoms with van der Waals surface area (Å²) in [4.78, 5) is 2.62. The summed E-state index contributed by atoms with van der Waals surface area (Å²) >= 11 is 0. The van der Waals surface area contributed by atoms with Gasteiger partial charge in [-0.05, 0) is 160 Å². The van der Waals surface area contributed by atoms with E-state index in [2.05, 4.69) is 172 Å². The molecule has 0 unspecified atom stereocenters. The summed E-state index contributed by atoms with van der Waals surface area (Å²) in [5, 5.41) is 0. The highest BCUT2D eigenvalue weighted by molar-refractivity contribution is 5.96. The molecule has 6 aromatic carbocycles. The van der Waals surface area contributed by atoms with Gasteiger partial charge < -0.3 is 4.90 Å². The summed E-state index contributed by atoms with van der Waals surface area (Å²) in [5.74, 6) is 3.34. The molecule has 0 N–H and O–H groups in total. The van der Waals surface area contributed by atoms with Gasteiger partial charge in [0.05, 0.1) is 5.69 Å². The third-order valence-corrected chi connectivity index (χ3v) is 15.3. The molecule has 4 saturated carbocycles. The van der Waals surface area contributed by atoms with Gasteiger partial charge in [0, 0.05) is 22.4 Å². The summed E-state index contributed by atoms with van der Waals surface area (Å²) in [5.41, 5.74) is 18.4. The van der Waals surface area contributed by atoms with Crippen molar-refractivity contribution >= 4 is 17.1 Å². The number of hydrogen-bond donors (Lipinski definition) is 0. The molecule has 12 rings (SSSR count). The van der Waals surface area contributed by atoms with Crippen LogP contribution in [0.1, 0.15) is 94.9 Å². The summed E-state index contributed by atoms with van der Waals surface area (Å²) in [6.07, 6.45) is 9.49. The number of nitrogens with zero attached hydrogens (tertiary/aromatic N) is 1. The predicted molar refractivity (Wildman–Crippen MR) is 231 cm³/mol. The largest absolute Gasteiger partial charge is 0.310 e. The second kappa shape index (κ2) is 12.1. The second-order valence-electron chi connectivity index (χ2n) is 19.2. The van der Waals surface area contributed by atoms with Gasteiger partial charge in [0.2, 0.25) is 0 Å². The minimum Gasteiger partial charge on any atom is -0.310 e. The normalized spacial score (nSPS) is 26.0. The molecule has 6 aromatic rings. The number of benzene rings is 6. The lowest BCUT2D eigenvalue weighted by Gasteiger charge is -2.61. The number of anilines is 3. The van der Waals surface area contributed by atoms with Crippen molar-refractivity contribution in [3.8, 4) is 33.4 Å². The second-order valence-corrected chi connectivity index (χ2v) is 19.2. The Morgan fingerprint density at radius 1 is 0.436 bits per heavy atom. The Morgan fingerprint density at radius 2 is 0.982 bits per heavy atom. The van der Waals surface area contributed by atoms with Gasteiger partial charge in [-0.3, -0.25) is 0 Å². The lowest BCUT2D eigenvalue weighted by molar-refractivity contribution is -0.0399. The Kier molecular flexibility index (Phi) is 7.34. The van der Waals surface area contributed by atoms with Crippen LogP contribution < -0.4 is 4.90 Å². The van der Waals surface area contributed by atoms with Gasteiger partial charge in [0.1, 0.15) is 0 Å². The first kappa shape index (κ1) is 33.5. The fourth-order valence-corrected chi connectivity index (χ4v) is 12.9. The first-order valence-electron chi connectivity index (χ1n) is 21.2. The van der Waals surface area contributed by atoms with Crippen LogP contribution in [-0.2, 0) is 16.2 Å². The number of fused-ring (bicyclic) bond motifs is 4. The molecule has 0 radical (unpaired) electrons. The van der Waals surface area contributed by atoms with Gasteiger partial charge in [-0.1, -0.05) is 137 Å². The Bertz CT molecular complexity index is 2420. The maximum Gasteiger partial charge on any atom is 0.0543 e. The van der Waals surface area contributed by atoms with Crippen molar-refractivity contribution < 1.29 is 0 Å². The quantitative estimate of drug-likeness (QED) is 0.172. The zero-order valence-corrected chi connectivity index (χ0v) is 33.0. The Balaban J connectivity index is 1.12. The molecule has 0 aliphatic heterocycles. The van der Waals surface area contributed by atoms with Gasteiger partial charge >= 0.3 is 0 Å². The molecule has 0 saturated heterocycles. The number of rotatable bonds is 5. The van der Waals surface area contributed by atoms with E-state index in [0.29, 0.717) is 0 Å². The van der Waals surface area contributed by atoms with Crippen molar-refractivity contribution in [1.82, 2.24) is 0 Å². The van der Waals surface area contributed by atoms with Crippen molar-refractivity contribution in [3.05, 3.63) is 162 Å². The van der Waals surface area contributed by atoms with Gasteiger partial charge in [-0.2, -0.15) is 0 Å². The van der Waals surface area contributed by atoms with Crippen LogP contribution >= 0.6 is 0 Å². The maximum absolute atomic E-state index is 2.62. The summed E-state index contributed by atoms with van der Waals surface area (Å²) in [6, 6.07) is 53.6. The molecule has 274 valence electrons. The molecular weight excluding hydrogens is 663 g/mol. The van der Waals surface area contributed by atoms with E-state index in [1.165, 1.54) is 107 Å². The fraction of sp³-hybridized carbons (Fsp3) is 0.333. The molecule has 6 aliphatic rings. The van der Waals surface area contributed by atoms with E-state index in [1.807, 2.05) is 0 Å². The van der Waals surface area contributed by atoms with Crippen LogP contribution in [0.3, 0.4) is 0 Å². The van der Waals surface area contributed by atoms with Crippen LogP contribution in [0.25, 0.3) is 33.4 Å². The Morgan fingerprint density at radius 3 is 1.65 bits per heavy atom. The molecule has 4 fully saturated rings. The van der Waals surface area contributed by atoms with Gasteiger partial charge in [-0.15, -0.1) is 0 Å². The molecule has 1 nitrogen and oxygen atoms in total. The van der Waals surface area contributed by atoms with Crippen LogP contribution in [0.15, 0.2) is 140 Å². The zero-order valence-electron chi connectivity index (χ0n) is 33.0. The smallest absolute Gasteiger partial charge is 0.0543 e. The van der Waals surface area contributed by atoms with Crippen molar-refractivity contribution in [3.63, 3.8) is 0 Å². The van der Waals surface area contributed by atoms with Gasteiger partial charge in [0.15, 0.2) is 0 Å². The van der Waals surface area contributed by atoms with E-state index >= 15 is 0 Å². The Hall–Kier alpha value is -4.88. The van der Waals surface area contributed by atoms with Crippen LogP contribution in [0.5, 0.6) is 0 Å². The summed E-state index contributed by atoms with van der Waals surface area (Å²) in [6.45, 7) is 9.80. The molecular formula is C54H53N. The molecule has 0 amide bonds. The molecule has 0 atom stereocenters. The van der Waals surface area contributed by atoms with E-state index in [1.54, 1.807) is 11.1 Å². The number of hydrogen-bond acceptors (Lipinski definition) is 1. The molecule has 4 bridgehead atoms. The van der Waals surface area contributed by atoms with Gasteiger partial charge in [0.25, 0.3) is 0 Å². The van der Waals surface area contributed by atoms with Crippen LogP contribution in [0.2, 0.25) is 0 Å². The lowest BCUT2D eigenvalue weighted by Crippen LogP contribution is -2.55. The van der Waals surface area contributed by atoms with E-state index < -0.39 is 0 Å². The van der Waals surface area contributed by atoms with Gasteiger partial charge in [-0.25, -0.2) is 0 Å². The highest BCUT2D eigenvalue weighted by Crippen LogP contribution is 2.70. The topological polar surface area (TPSA) is 3.24 Å². The average Bonchev–Trinajstić information content (AvgIpc) is 3.51. The molecule has 1 heteroatoms. The molecule has 6 aliphatic carbocycles. The highest BCUT2D eigenvalue weighted by Gasteiger charge is 2.62. The van der Waals surface area contributed by atoms with Crippen LogP contribution in [0.4, 0.5) is 17.1 Å². The minimum absolute atomic E-state index is 0.118. The molecule has 0 aromatic heterocycles. The average molecular weight is 716 g/mol. The van der Waals surface area contributed by atoms with Crippen molar-refractivity contribution in [2.24, 2.45) is 23.7 Å². The van der Waals surface area contributed by atoms with Crippen molar-refractivity contribution in [2.75, 3.05) is 4.90 Å². The summed E-state index contributed by atoms with van der Waals surface area (Å²) < 4.78 is 0. The maximum atomic E-state index is 2.62. The predicted octanol–water partition coefficient (Wildman–Crippen LogP) is 14.6. The third kappa shape index (κ3) is 4.90. The van der Waals surface area contributed by atoms with E-state index in [-0.39, 0.29) is 16.2 Å². The first-order valence-corrected chi connectivity index (χ1v) is 21.2. The van der Waals surface area contributed by atoms with E-state index in [9.17, 15) is 0 Å². The standard InChI is InChI=1S/C54H53N/c1-52(2)27-28-53(3,4)49-34-42(25-26-47(49)52)55(41-23-21-38(22-24-41)44-16-9-8-15-43(44)37-13-6-5-7-14-37)50-20-12-19-48-51(50)45-17-10-11-18-46(45)54(48)39-30-35-29-36(32-39)33-40(54)31-35/h5-26,34-36,39-40H,27-33H2,1-4H3. The fourth-order valence-electron chi connectivity index (χ4n) is 12.9. The lowest BCUT2D eigenvalue weighted by atomic mass is 9.43. The van der Waals surface area contributed by atoms with E-state index in [4.69, 9.17) is 0 Å².